The first kappa shape index (κ1) is 16.3. The summed E-state index contributed by atoms with van der Waals surface area (Å²) >= 11 is 11.5. The molecule has 0 radical (unpaired) electrons. The second-order valence-corrected chi connectivity index (χ2v) is 4.49. The number of alkyl halides is 3. The molecular weight excluding hydrogens is 307 g/mol. The van der Waals surface area contributed by atoms with Gasteiger partial charge >= 0.3 is 13.3 Å². The smallest absolute Gasteiger partial charge is 0.423 e. The van der Waals surface area contributed by atoms with Crippen LogP contribution in [0.3, 0.4) is 0 Å². The summed E-state index contributed by atoms with van der Waals surface area (Å²) in [6.07, 6.45) is -5.86. The minimum atomic E-state index is -4.88. The number of Topliss-reactive ketones (excluding diaryl/α,β-unsaturated/α-hetero) is 1. The largest absolute Gasteiger partial charge is 0.490 e. The Kier molecular flexibility index (Phi) is 5.26. The lowest BCUT2D eigenvalue weighted by Crippen LogP contribution is -2.31. The predicted molar refractivity (Wildman–Crippen MR) is 65.7 cm³/mol. The van der Waals surface area contributed by atoms with Crippen LogP contribution in [-0.4, -0.2) is 29.1 Å². The van der Waals surface area contributed by atoms with Crippen LogP contribution in [0.5, 0.6) is 0 Å². The zero-order valence-corrected chi connectivity index (χ0v) is 10.9. The lowest BCUT2D eigenvalue weighted by Gasteiger charge is -2.10. The number of rotatable bonds is 4. The third-order valence-corrected chi connectivity index (χ3v) is 3.34. The number of hydrogen-bond acceptors (Lipinski definition) is 3. The zero-order valence-electron chi connectivity index (χ0n) is 9.34. The Bertz CT molecular complexity index is 492. The second kappa shape index (κ2) is 6.13. The molecule has 1 rings (SSSR count). The van der Waals surface area contributed by atoms with Crippen molar-refractivity contribution in [3.63, 3.8) is 0 Å². The number of benzene rings is 1. The Morgan fingerprint density at radius 3 is 2.26 bits per heavy atom. The lowest BCUT2D eigenvalue weighted by atomic mass is 9.79. The van der Waals surface area contributed by atoms with Crippen LogP contribution < -0.4 is 5.46 Å². The lowest BCUT2D eigenvalue weighted by molar-refractivity contribution is -0.171. The summed E-state index contributed by atoms with van der Waals surface area (Å²) in [5.74, 6) is -1.86. The van der Waals surface area contributed by atoms with Gasteiger partial charge in [-0.25, -0.2) is 0 Å². The average molecular weight is 315 g/mol. The molecule has 9 heteroatoms. The molecule has 0 aliphatic rings. The van der Waals surface area contributed by atoms with Crippen molar-refractivity contribution in [3.8, 4) is 0 Å². The van der Waals surface area contributed by atoms with E-state index in [-0.39, 0.29) is 27.5 Å². The molecule has 0 heterocycles. The van der Waals surface area contributed by atoms with Gasteiger partial charge in [-0.15, -0.1) is 0 Å². The molecule has 0 atom stereocenters. The maximum Gasteiger partial charge on any atom is 0.490 e. The van der Waals surface area contributed by atoms with E-state index in [1.54, 1.807) is 0 Å². The van der Waals surface area contributed by atoms with Crippen LogP contribution in [-0.2, 0) is 11.2 Å². The Morgan fingerprint density at radius 1 is 1.21 bits per heavy atom. The molecule has 0 unspecified atom stereocenters. The fourth-order valence-electron chi connectivity index (χ4n) is 1.39. The molecule has 0 saturated carbocycles. The van der Waals surface area contributed by atoms with E-state index in [2.05, 4.69) is 0 Å². The van der Waals surface area contributed by atoms with E-state index in [1.165, 1.54) is 12.1 Å². The first-order chi connectivity index (χ1) is 8.64. The molecule has 1 aromatic carbocycles. The molecule has 1 aromatic rings. The van der Waals surface area contributed by atoms with Gasteiger partial charge in [-0.3, -0.25) is 4.79 Å². The van der Waals surface area contributed by atoms with Crippen LogP contribution in [0.4, 0.5) is 13.2 Å². The maximum absolute atomic E-state index is 12.0. The fourth-order valence-corrected chi connectivity index (χ4v) is 1.94. The van der Waals surface area contributed by atoms with Crippen molar-refractivity contribution in [2.24, 2.45) is 0 Å². The van der Waals surface area contributed by atoms with Gasteiger partial charge in [-0.1, -0.05) is 35.3 Å². The van der Waals surface area contributed by atoms with Crippen molar-refractivity contribution >= 4 is 41.6 Å². The Morgan fingerprint density at radius 2 is 1.79 bits per heavy atom. The Labute approximate surface area is 117 Å². The molecule has 19 heavy (non-hydrogen) atoms. The normalized spacial score (nSPS) is 11.5. The SMILES string of the molecule is O=C(CCc1ccc(B(O)O)c(Cl)c1Cl)C(F)(F)F. The van der Waals surface area contributed by atoms with Gasteiger partial charge in [0, 0.05) is 11.9 Å². The highest BCUT2D eigenvalue weighted by Crippen LogP contribution is 2.27. The van der Waals surface area contributed by atoms with E-state index in [0.717, 1.165) is 0 Å². The van der Waals surface area contributed by atoms with Crippen LogP contribution in [0.25, 0.3) is 0 Å². The van der Waals surface area contributed by atoms with Crippen molar-refractivity contribution in [1.29, 1.82) is 0 Å². The highest BCUT2D eigenvalue weighted by Gasteiger charge is 2.37. The van der Waals surface area contributed by atoms with Gasteiger partial charge in [-0.2, -0.15) is 13.2 Å². The van der Waals surface area contributed by atoms with E-state index in [9.17, 15) is 18.0 Å². The maximum atomic E-state index is 12.0. The number of aryl methyl sites for hydroxylation is 1. The standard InChI is InChI=1S/C10H8BCl2F3O3/c12-8-5(2-4-7(17)10(14,15)16)1-3-6(9(8)13)11(18)19/h1,3,18-19H,2,4H2. The van der Waals surface area contributed by atoms with Crippen molar-refractivity contribution < 1.29 is 28.0 Å². The summed E-state index contributed by atoms with van der Waals surface area (Å²) in [7, 11) is -1.84. The van der Waals surface area contributed by atoms with E-state index >= 15 is 0 Å². The molecule has 0 spiro atoms. The van der Waals surface area contributed by atoms with Crippen molar-refractivity contribution in [3.05, 3.63) is 27.7 Å². The summed E-state index contributed by atoms with van der Waals surface area (Å²) < 4.78 is 36.1. The van der Waals surface area contributed by atoms with Gasteiger partial charge in [0.2, 0.25) is 5.78 Å². The predicted octanol–water partition coefficient (Wildman–Crippen LogP) is 1.74. The number of ketones is 1. The molecule has 0 amide bonds. The first-order valence-corrected chi connectivity index (χ1v) is 5.83. The first-order valence-electron chi connectivity index (χ1n) is 5.07. The van der Waals surface area contributed by atoms with Gasteiger partial charge in [-0.05, 0) is 12.0 Å². The van der Waals surface area contributed by atoms with Gasteiger partial charge < -0.3 is 10.0 Å². The van der Waals surface area contributed by atoms with Crippen LogP contribution >= 0.6 is 23.2 Å². The third-order valence-electron chi connectivity index (χ3n) is 2.41. The summed E-state index contributed by atoms with van der Waals surface area (Å²) in [5.41, 5.74) is 0.172. The summed E-state index contributed by atoms with van der Waals surface area (Å²) in [5, 5.41) is 17.7. The van der Waals surface area contributed by atoms with E-state index < -0.39 is 25.5 Å². The number of carbonyl (C=O) groups excluding carboxylic acids is 1. The molecule has 0 bridgehead atoms. The van der Waals surface area contributed by atoms with Crippen LogP contribution in [0.15, 0.2) is 12.1 Å². The molecule has 2 N–H and O–H groups in total. The van der Waals surface area contributed by atoms with Gasteiger partial charge in [0.15, 0.2) is 0 Å². The second-order valence-electron chi connectivity index (χ2n) is 3.74. The summed E-state index contributed by atoms with van der Waals surface area (Å²) in [6, 6.07) is 2.53. The monoisotopic (exact) mass is 314 g/mol. The van der Waals surface area contributed by atoms with Crippen molar-refractivity contribution in [2.75, 3.05) is 0 Å². The van der Waals surface area contributed by atoms with Gasteiger partial charge in [0.1, 0.15) is 0 Å². The fraction of sp³-hybridized carbons (Fsp3) is 0.300. The number of halogens is 5. The van der Waals surface area contributed by atoms with Gasteiger partial charge in [0.05, 0.1) is 10.0 Å². The zero-order chi connectivity index (χ0) is 14.8. The molecule has 0 aliphatic heterocycles. The Balaban J connectivity index is 2.87. The van der Waals surface area contributed by atoms with Gasteiger partial charge in [0.25, 0.3) is 0 Å². The molecule has 0 fully saturated rings. The average Bonchev–Trinajstić information content (AvgIpc) is 2.28. The van der Waals surface area contributed by atoms with E-state index in [0.29, 0.717) is 0 Å². The molecule has 0 saturated heterocycles. The number of hydrogen-bond donors (Lipinski definition) is 2. The van der Waals surface area contributed by atoms with Crippen LogP contribution in [0.1, 0.15) is 12.0 Å². The highest BCUT2D eigenvalue weighted by atomic mass is 35.5. The van der Waals surface area contributed by atoms with Crippen LogP contribution in [0, 0.1) is 0 Å². The topological polar surface area (TPSA) is 57.5 Å². The summed E-state index contributed by atoms with van der Waals surface area (Å²) in [4.78, 5) is 10.7. The Hall–Kier alpha value is -0.755. The molecule has 3 nitrogen and oxygen atoms in total. The van der Waals surface area contributed by atoms with Crippen LogP contribution in [0.2, 0.25) is 10.0 Å². The summed E-state index contributed by atoms with van der Waals surface area (Å²) in [6.45, 7) is 0. The van der Waals surface area contributed by atoms with Crippen molar-refractivity contribution in [2.45, 2.75) is 19.0 Å². The molecule has 0 aromatic heterocycles. The van der Waals surface area contributed by atoms with Crippen molar-refractivity contribution in [1.82, 2.24) is 0 Å². The third kappa shape index (κ3) is 4.11. The quantitative estimate of drug-likeness (QED) is 0.832. The van der Waals surface area contributed by atoms with E-state index in [4.69, 9.17) is 33.2 Å². The molecule has 0 aliphatic carbocycles. The minimum absolute atomic E-state index is 0.0578. The molecule has 104 valence electrons. The minimum Gasteiger partial charge on any atom is -0.423 e. The molecular formula is C10H8BCl2F3O3. The number of carbonyl (C=O) groups is 1. The van der Waals surface area contributed by atoms with E-state index in [1.807, 2.05) is 0 Å². The highest BCUT2D eigenvalue weighted by molar-refractivity contribution is 6.64.